The number of hydrogen-bond donors (Lipinski definition) is 2. The van der Waals surface area contributed by atoms with E-state index in [4.69, 9.17) is 21.4 Å². The van der Waals surface area contributed by atoms with E-state index in [0.29, 0.717) is 30.2 Å². The number of aliphatic hydroxyl groups is 1. The molecule has 0 aliphatic heterocycles. The molecule has 0 atom stereocenters. The van der Waals surface area contributed by atoms with E-state index in [0.717, 1.165) is 24.8 Å². The van der Waals surface area contributed by atoms with E-state index in [9.17, 15) is 4.79 Å². The Bertz CT molecular complexity index is 500. The van der Waals surface area contributed by atoms with E-state index in [2.05, 4.69) is 5.32 Å². The molecular weight excluding hydrogens is 290 g/mol. The molecular formula is C16H22ClNO3. The summed E-state index contributed by atoms with van der Waals surface area (Å²) in [5.74, 6) is 0.690. The monoisotopic (exact) mass is 311 g/mol. The number of amides is 1. The highest BCUT2D eigenvalue weighted by Gasteiger charge is 2.41. The lowest BCUT2D eigenvalue weighted by Crippen LogP contribution is -2.30. The zero-order chi connectivity index (χ0) is 15.3. The first-order valence-electron chi connectivity index (χ1n) is 7.28. The Morgan fingerprint density at radius 3 is 2.81 bits per heavy atom. The molecule has 0 spiro atoms. The predicted octanol–water partition coefficient (Wildman–Crippen LogP) is 2.56. The van der Waals surface area contributed by atoms with Crippen LogP contribution in [0.1, 0.15) is 31.2 Å². The summed E-state index contributed by atoms with van der Waals surface area (Å²) in [6.45, 7) is 0.871. The Hall–Kier alpha value is -1.26. The van der Waals surface area contributed by atoms with Crippen LogP contribution in [0.5, 0.6) is 5.75 Å². The number of benzene rings is 1. The Morgan fingerprint density at radius 2 is 2.24 bits per heavy atom. The van der Waals surface area contributed by atoms with Crippen LogP contribution >= 0.6 is 11.6 Å². The molecule has 0 saturated heterocycles. The molecule has 1 fully saturated rings. The second-order valence-electron chi connectivity index (χ2n) is 5.72. The van der Waals surface area contributed by atoms with Gasteiger partial charge in [0.05, 0.1) is 12.1 Å². The summed E-state index contributed by atoms with van der Waals surface area (Å²) < 4.78 is 5.10. The number of ether oxygens (including phenoxy) is 1. The maximum atomic E-state index is 11.9. The summed E-state index contributed by atoms with van der Waals surface area (Å²) in [5.41, 5.74) is 1.18. The fraction of sp³-hybridized carbons (Fsp3) is 0.562. The lowest BCUT2D eigenvalue weighted by atomic mass is 10.0. The standard InChI is InChI=1S/C16H22ClNO3/c1-21-14-4-2-12(10-13(14)17)3-5-15(20)18-11-16(6-7-16)8-9-19/h2,4,10,19H,3,5-9,11H2,1H3,(H,18,20). The second kappa shape index (κ2) is 7.14. The van der Waals surface area contributed by atoms with Gasteiger partial charge in [-0.05, 0) is 48.8 Å². The van der Waals surface area contributed by atoms with Crippen LogP contribution in [0.2, 0.25) is 5.02 Å². The van der Waals surface area contributed by atoms with Crippen molar-refractivity contribution in [2.45, 2.75) is 32.1 Å². The van der Waals surface area contributed by atoms with E-state index >= 15 is 0 Å². The molecule has 2 N–H and O–H groups in total. The quantitative estimate of drug-likeness (QED) is 0.775. The van der Waals surface area contributed by atoms with Crippen LogP contribution in [0.25, 0.3) is 0 Å². The minimum Gasteiger partial charge on any atom is -0.495 e. The number of methoxy groups -OCH3 is 1. The third-order valence-corrected chi connectivity index (χ3v) is 4.41. The third-order valence-electron chi connectivity index (χ3n) is 4.12. The van der Waals surface area contributed by atoms with E-state index < -0.39 is 0 Å². The first-order chi connectivity index (χ1) is 10.1. The highest BCUT2D eigenvalue weighted by molar-refractivity contribution is 6.32. The van der Waals surface area contributed by atoms with Gasteiger partial charge in [-0.2, -0.15) is 0 Å². The molecule has 1 amide bonds. The van der Waals surface area contributed by atoms with E-state index in [-0.39, 0.29) is 17.9 Å². The number of carbonyl (C=O) groups excluding carboxylic acids is 1. The maximum Gasteiger partial charge on any atom is 0.220 e. The second-order valence-corrected chi connectivity index (χ2v) is 6.13. The Balaban J connectivity index is 1.75. The van der Waals surface area contributed by atoms with E-state index in [1.54, 1.807) is 7.11 Å². The van der Waals surface area contributed by atoms with Crippen molar-refractivity contribution in [2.75, 3.05) is 20.3 Å². The lowest BCUT2D eigenvalue weighted by Gasteiger charge is -2.14. The van der Waals surface area contributed by atoms with Gasteiger partial charge >= 0.3 is 0 Å². The molecule has 1 aromatic rings. The molecule has 2 rings (SSSR count). The molecule has 1 saturated carbocycles. The molecule has 4 nitrogen and oxygen atoms in total. The Labute approximate surface area is 130 Å². The smallest absolute Gasteiger partial charge is 0.220 e. The normalized spacial score (nSPS) is 15.6. The zero-order valence-electron chi connectivity index (χ0n) is 12.3. The maximum absolute atomic E-state index is 11.9. The van der Waals surface area contributed by atoms with Crippen molar-refractivity contribution in [2.24, 2.45) is 5.41 Å². The summed E-state index contributed by atoms with van der Waals surface area (Å²) in [6, 6.07) is 5.57. The first kappa shape index (κ1) is 16.1. The van der Waals surface area contributed by atoms with Gasteiger partial charge < -0.3 is 15.2 Å². The van der Waals surface area contributed by atoms with Gasteiger partial charge in [0.15, 0.2) is 0 Å². The molecule has 0 aromatic heterocycles. The number of aliphatic hydroxyl groups excluding tert-OH is 1. The van der Waals surface area contributed by atoms with Crippen LogP contribution in [0.15, 0.2) is 18.2 Å². The van der Waals surface area contributed by atoms with E-state index in [1.165, 1.54) is 0 Å². The summed E-state index contributed by atoms with van der Waals surface area (Å²) in [5, 5.41) is 12.5. The topological polar surface area (TPSA) is 58.6 Å². The largest absolute Gasteiger partial charge is 0.495 e. The van der Waals surface area contributed by atoms with Gasteiger partial charge in [-0.3, -0.25) is 4.79 Å². The molecule has 21 heavy (non-hydrogen) atoms. The third kappa shape index (κ3) is 4.61. The summed E-state index contributed by atoms with van der Waals surface area (Å²) in [6.07, 6.45) is 4.08. The van der Waals surface area contributed by atoms with Crippen LogP contribution in [0.4, 0.5) is 0 Å². The fourth-order valence-corrected chi connectivity index (χ4v) is 2.71. The Morgan fingerprint density at radius 1 is 1.48 bits per heavy atom. The van der Waals surface area contributed by atoms with Crippen LogP contribution in [0.3, 0.4) is 0 Å². The predicted molar refractivity (Wildman–Crippen MR) is 82.7 cm³/mol. The summed E-state index contributed by atoms with van der Waals surface area (Å²) >= 11 is 6.06. The SMILES string of the molecule is COc1ccc(CCC(=O)NCC2(CCO)CC2)cc1Cl. The number of halogens is 1. The minimum absolute atomic E-state index is 0.0474. The number of aryl methyl sites for hydroxylation is 1. The van der Waals surface area contributed by atoms with Crippen molar-refractivity contribution >= 4 is 17.5 Å². The van der Waals surface area contributed by atoms with Gasteiger partial charge in [-0.25, -0.2) is 0 Å². The number of rotatable bonds is 8. The van der Waals surface area contributed by atoms with Crippen molar-refractivity contribution in [3.8, 4) is 5.75 Å². The first-order valence-corrected chi connectivity index (χ1v) is 7.66. The van der Waals surface area contributed by atoms with Crippen molar-refractivity contribution in [1.29, 1.82) is 0 Å². The van der Waals surface area contributed by atoms with Gasteiger partial charge in [-0.1, -0.05) is 17.7 Å². The van der Waals surface area contributed by atoms with Crippen LogP contribution in [-0.2, 0) is 11.2 Å². The van der Waals surface area contributed by atoms with Gasteiger partial charge in [0.25, 0.3) is 0 Å². The lowest BCUT2D eigenvalue weighted by molar-refractivity contribution is -0.121. The molecule has 0 unspecified atom stereocenters. The molecule has 5 heteroatoms. The van der Waals surface area contributed by atoms with Crippen molar-refractivity contribution < 1.29 is 14.6 Å². The summed E-state index contributed by atoms with van der Waals surface area (Å²) in [4.78, 5) is 11.9. The molecule has 0 bridgehead atoms. The molecule has 1 aliphatic rings. The number of hydrogen-bond acceptors (Lipinski definition) is 3. The van der Waals surface area contributed by atoms with Crippen LogP contribution in [-0.4, -0.2) is 31.3 Å². The zero-order valence-corrected chi connectivity index (χ0v) is 13.1. The Kier molecular flexibility index (Phi) is 5.48. The molecule has 1 aliphatic carbocycles. The minimum atomic E-state index is 0.0474. The van der Waals surface area contributed by atoms with Gasteiger partial charge in [0.2, 0.25) is 5.91 Å². The van der Waals surface area contributed by atoms with Crippen LogP contribution in [0, 0.1) is 5.41 Å². The highest BCUT2D eigenvalue weighted by atomic mass is 35.5. The van der Waals surface area contributed by atoms with Crippen molar-refractivity contribution in [3.05, 3.63) is 28.8 Å². The van der Waals surface area contributed by atoms with E-state index in [1.807, 2.05) is 18.2 Å². The van der Waals surface area contributed by atoms with Crippen molar-refractivity contribution in [1.82, 2.24) is 5.32 Å². The van der Waals surface area contributed by atoms with Gasteiger partial charge in [0, 0.05) is 19.6 Å². The molecule has 116 valence electrons. The average Bonchev–Trinajstić information content (AvgIpc) is 3.24. The average molecular weight is 312 g/mol. The van der Waals surface area contributed by atoms with Crippen LogP contribution < -0.4 is 10.1 Å². The fourth-order valence-electron chi connectivity index (χ4n) is 2.43. The molecule has 1 aromatic carbocycles. The highest BCUT2D eigenvalue weighted by Crippen LogP contribution is 2.47. The molecule has 0 heterocycles. The number of nitrogens with one attached hydrogen (secondary N) is 1. The molecule has 0 radical (unpaired) electrons. The van der Waals surface area contributed by atoms with Crippen molar-refractivity contribution in [3.63, 3.8) is 0 Å². The van der Waals surface area contributed by atoms with Gasteiger partial charge in [0.1, 0.15) is 5.75 Å². The number of carbonyl (C=O) groups is 1. The van der Waals surface area contributed by atoms with Gasteiger partial charge in [-0.15, -0.1) is 0 Å². The summed E-state index contributed by atoms with van der Waals surface area (Å²) in [7, 11) is 1.58.